The SMILES string of the molecule is O=C(NCCCN1CCO[C@@H](c2ccccc2)C1)c1ccco1. The summed E-state index contributed by atoms with van der Waals surface area (Å²) in [7, 11) is 0. The number of benzene rings is 1. The van der Waals surface area contributed by atoms with Crippen LogP contribution in [0.2, 0.25) is 0 Å². The second-order valence-corrected chi connectivity index (χ2v) is 5.66. The lowest BCUT2D eigenvalue weighted by atomic mass is 10.1. The molecule has 5 nitrogen and oxygen atoms in total. The van der Waals surface area contributed by atoms with Crippen molar-refractivity contribution in [2.75, 3.05) is 32.8 Å². The average molecular weight is 314 g/mol. The molecule has 122 valence electrons. The molecule has 1 fully saturated rings. The largest absolute Gasteiger partial charge is 0.459 e. The molecule has 5 heteroatoms. The lowest BCUT2D eigenvalue weighted by Gasteiger charge is -2.33. The first kappa shape index (κ1) is 15.8. The van der Waals surface area contributed by atoms with Crippen molar-refractivity contribution in [3.8, 4) is 0 Å². The number of hydrogen-bond acceptors (Lipinski definition) is 4. The zero-order valence-corrected chi connectivity index (χ0v) is 13.1. The van der Waals surface area contributed by atoms with Crippen molar-refractivity contribution >= 4 is 5.91 Å². The van der Waals surface area contributed by atoms with Gasteiger partial charge in [-0.25, -0.2) is 0 Å². The molecule has 1 atom stereocenters. The minimum Gasteiger partial charge on any atom is -0.459 e. The summed E-state index contributed by atoms with van der Waals surface area (Å²) in [6, 6.07) is 13.7. The zero-order valence-electron chi connectivity index (χ0n) is 13.1. The minimum absolute atomic E-state index is 0.141. The van der Waals surface area contributed by atoms with Gasteiger partial charge in [-0.1, -0.05) is 30.3 Å². The maximum atomic E-state index is 11.8. The van der Waals surface area contributed by atoms with Gasteiger partial charge >= 0.3 is 0 Å². The number of hydrogen-bond donors (Lipinski definition) is 1. The van der Waals surface area contributed by atoms with Crippen LogP contribution in [0.3, 0.4) is 0 Å². The number of ether oxygens (including phenoxy) is 1. The topological polar surface area (TPSA) is 54.7 Å². The van der Waals surface area contributed by atoms with E-state index in [1.807, 2.05) is 18.2 Å². The molecule has 3 rings (SSSR count). The Labute approximate surface area is 136 Å². The lowest BCUT2D eigenvalue weighted by Crippen LogP contribution is -2.39. The summed E-state index contributed by atoms with van der Waals surface area (Å²) in [6.45, 7) is 4.18. The second-order valence-electron chi connectivity index (χ2n) is 5.66. The Morgan fingerprint density at radius 3 is 2.87 bits per heavy atom. The number of carbonyl (C=O) groups excluding carboxylic acids is 1. The molecule has 1 aromatic carbocycles. The van der Waals surface area contributed by atoms with E-state index in [1.54, 1.807) is 12.1 Å². The van der Waals surface area contributed by atoms with Gasteiger partial charge in [0.15, 0.2) is 5.76 Å². The minimum atomic E-state index is -0.154. The summed E-state index contributed by atoms with van der Waals surface area (Å²) in [5.41, 5.74) is 1.23. The Balaban J connectivity index is 1.39. The quantitative estimate of drug-likeness (QED) is 0.832. The molecule has 0 bridgehead atoms. The highest BCUT2D eigenvalue weighted by atomic mass is 16.5. The third kappa shape index (κ3) is 4.43. The molecule has 2 aromatic rings. The first-order chi connectivity index (χ1) is 11.3. The number of morpholine rings is 1. The molecular formula is C18H22N2O3. The van der Waals surface area contributed by atoms with E-state index in [1.165, 1.54) is 11.8 Å². The van der Waals surface area contributed by atoms with E-state index in [0.29, 0.717) is 12.3 Å². The number of rotatable bonds is 6. The van der Waals surface area contributed by atoms with Crippen molar-refractivity contribution in [1.82, 2.24) is 10.2 Å². The van der Waals surface area contributed by atoms with Crippen molar-refractivity contribution in [2.24, 2.45) is 0 Å². The molecule has 1 amide bonds. The summed E-state index contributed by atoms with van der Waals surface area (Å²) in [5.74, 6) is 0.208. The summed E-state index contributed by atoms with van der Waals surface area (Å²) < 4.78 is 10.9. The molecule has 0 spiro atoms. The van der Waals surface area contributed by atoms with Gasteiger partial charge < -0.3 is 14.5 Å². The van der Waals surface area contributed by atoms with Crippen LogP contribution >= 0.6 is 0 Å². The normalized spacial score (nSPS) is 18.7. The van der Waals surface area contributed by atoms with E-state index in [9.17, 15) is 4.79 Å². The highest BCUT2D eigenvalue weighted by molar-refractivity contribution is 5.91. The number of carbonyl (C=O) groups is 1. The van der Waals surface area contributed by atoms with Gasteiger partial charge in [-0.05, 0) is 24.1 Å². The number of nitrogens with one attached hydrogen (secondary N) is 1. The molecule has 1 aliphatic heterocycles. The van der Waals surface area contributed by atoms with Crippen LogP contribution in [0.15, 0.2) is 53.1 Å². The lowest BCUT2D eigenvalue weighted by molar-refractivity contribution is -0.0301. The first-order valence-electron chi connectivity index (χ1n) is 8.03. The highest BCUT2D eigenvalue weighted by Gasteiger charge is 2.21. The van der Waals surface area contributed by atoms with Gasteiger partial charge in [0.25, 0.3) is 5.91 Å². The molecule has 1 N–H and O–H groups in total. The van der Waals surface area contributed by atoms with Crippen LogP contribution < -0.4 is 5.32 Å². The summed E-state index contributed by atoms with van der Waals surface area (Å²) in [6.07, 6.45) is 2.56. The van der Waals surface area contributed by atoms with Gasteiger partial charge in [0.2, 0.25) is 0 Å². The number of nitrogens with zero attached hydrogens (tertiary/aromatic N) is 1. The van der Waals surface area contributed by atoms with Crippen LogP contribution in [0, 0.1) is 0 Å². The van der Waals surface area contributed by atoms with E-state index in [-0.39, 0.29) is 12.0 Å². The monoisotopic (exact) mass is 314 g/mol. The van der Waals surface area contributed by atoms with E-state index in [0.717, 1.165) is 32.7 Å². The van der Waals surface area contributed by atoms with E-state index in [2.05, 4.69) is 22.3 Å². The van der Waals surface area contributed by atoms with Crippen molar-refractivity contribution in [3.05, 3.63) is 60.1 Å². The van der Waals surface area contributed by atoms with E-state index < -0.39 is 0 Å². The third-order valence-corrected chi connectivity index (χ3v) is 4.00. The molecule has 23 heavy (non-hydrogen) atoms. The van der Waals surface area contributed by atoms with Crippen LogP contribution in [0.1, 0.15) is 28.6 Å². The van der Waals surface area contributed by atoms with Crippen LogP contribution in [0.25, 0.3) is 0 Å². The fraction of sp³-hybridized carbons (Fsp3) is 0.389. The van der Waals surface area contributed by atoms with E-state index >= 15 is 0 Å². The Kier molecular flexibility index (Phi) is 5.45. The Bertz CT molecular complexity index is 598. The Hall–Kier alpha value is -2.11. The Morgan fingerprint density at radius 2 is 2.09 bits per heavy atom. The summed E-state index contributed by atoms with van der Waals surface area (Å²) in [5, 5.41) is 2.88. The van der Waals surface area contributed by atoms with Gasteiger partial charge in [0.05, 0.1) is 19.0 Å². The maximum absolute atomic E-state index is 11.8. The Morgan fingerprint density at radius 1 is 1.22 bits per heavy atom. The van der Waals surface area contributed by atoms with Gasteiger partial charge in [0.1, 0.15) is 0 Å². The summed E-state index contributed by atoms with van der Waals surface area (Å²) >= 11 is 0. The van der Waals surface area contributed by atoms with Crippen LogP contribution in [-0.4, -0.2) is 43.6 Å². The molecule has 1 aromatic heterocycles. The maximum Gasteiger partial charge on any atom is 0.286 e. The van der Waals surface area contributed by atoms with Crippen LogP contribution in [-0.2, 0) is 4.74 Å². The predicted molar refractivity (Wildman–Crippen MR) is 87.2 cm³/mol. The molecule has 1 saturated heterocycles. The van der Waals surface area contributed by atoms with Gasteiger partial charge in [-0.2, -0.15) is 0 Å². The van der Waals surface area contributed by atoms with Crippen molar-refractivity contribution in [3.63, 3.8) is 0 Å². The van der Waals surface area contributed by atoms with Crippen molar-refractivity contribution in [2.45, 2.75) is 12.5 Å². The molecule has 0 unspecified atom stereocenters. The zero-order chi connectivity index (χ0) is 15.9. The van der Waals surface area contributed by atoms with Gasteiger partial charge in [0, 0.05) is 26.2 Å². The van der Waals surface area contributed by atoms with Crippen molar-refractivity contribution < 1.29 is 13.9 Å². The van der Waals surface area contributed by atoms with Gasteiger partial charge in [-0.15, -0.1) is 0 Å². The number of amides is 1. The van der Waals surface area contributed by atoms with Gasteiger partial charge in [-0.3, -0.25) is 9.69 Å². The first-order valence-corrected chi connectivity index (χ1v) is 8.03. The third-order valence-electron chi connectivity index (χ3n) is 4.00. The van der Waals surface area contributed by atoms with Crippen LogP contribution in [0.4, 0.5) is 0 Å². The fourth-order valence-electron chi connectivity index (χ4n) is 2.77. The second kappa shape index (κ2) is 7.94. The van der Waals surface area contributed by atoms with Crippen molar-refractivity contribution in [1.29, 1.82) is 0 Å². The molecule has 0 saturated carbocycles. The fourth-order valence-corrected chi connectivity index (χ4v) is 2.77. The molecule has 0 aliphatic carbocycles. The van der Waals surface area contributed by atoms with Crippen LogP contribution in [0.5, 0.6) is 0 Å². The predicted octanol–water partition coefficient (Wildman–Crippen LogP) is 2.47. The number of furan rings is 1. The molecular weight excluding hydrogens is 292 g/mol. The molecule has 0 radical (unpaired) electrons. The average Bonchev–Trinajstić information content (AvgIpc) is 3.14. The molecule has 1 aliphatic rings. The standard InChI is InChI=1S/C18H22N2O3/c21-18(16-8-4-12-22-16)19-9-5-10-20-11-13-23-17(14-20)15-6-2-1-3-7-15/h1-4,6-8,12,17H,5,9-11,13-14H2,(H,19,21)/t17-/m1/s1. The highest BCUT2D eigenvalue weighted by Crippen LogP contribution is 2.21. The summed E-state index contributed by atoms with van der Waals surface area (Å²) in [4.78, 5) is 14.1. The smallest absolute Gasteiger partial charge is 0.286 e. The molecule has 2 heterocycles. The van der Waals surface area contributed by atoms with E-state index in [4.69, 9.17) is 9.15 Å².